The van der Waals surface area contributed by atoms with Crippen LogP contribution in [-0.2, 0) is 17.6 Å². The molecular weight excluding hydrogens is 448 g/mol. The van der Waals surface area contributed by atoms with E-state index in [-0.39, 0.29) is 30.7 Å². The smallest absolute Gasteiger partial charge is 0.231 e. The molecule has 0 unspecified atom stereocenters. The van der Waals surface area contributed by atoms with Crippen molar-refractivity contribution in [2.75, 3.05) is 26.2 Å². The first-order valence-corrected chi connectivity index (χ1v) is 11.9. The van der Waals surface area contributed by atoms with E-state index in [9.17, 15) is 9.59 Å². The molecule has 166 valence electrons. The van der Waals surface area contributed by atoms with Gasteiger partial charge in [0.2, 0.25) is 12.7 Å². The molecule has 1 aromatic heterocycles. The number of rotatable bonds is 10. The van der Waals surface area contributed by atoms with Crippen LogP contribution >= 0.6 is 23.1 Å². The maximum atomic E-state index is 12.5. The second-order valence-corrected chi connectivity index (χ2v) is 9.05. The van der Waals surface area contributed by atoms with Crippen LogP contribution in [0.5, 0.6) is 17.2 Å². The Morgan fingerprint density at radius 2 is 2.03 bits per heavy atom. The summed E-state index contributed by atoms with van der Waals surface area (Å²) >= 11 is 2.80. The number of benzene rings is 2. The van der Waals surface area contributed by atoms with Crippen molar-refractivity contribution >= 4 is 34.8 Å². The molecule has 0 spiro atoms. The van der Waals surface area contributed by atoms with Crippen molar-refractivity contribution in [3.8, 4) is 17.2 Å². The number of nitrogens with one attached hydrogen (secondary N) is 1. The third-order valence-electron chi connectivity index (χ3n) is 4.80. The van der Waals surface area contributed by atoms with Crippen LogP contribution in [0.1, 0.15) is 21.6 Å². The Kier molecular flexibility index (Phi) is 7.28. The zero-order chi connectivity index (χ0) is 22.3. The molecule has 0 atom stereocenters. The first kappa shape index (κ1) is 22.2. The third kappa shape index (κ3) is 5.60. The molecule has 2 aromatic carbocycles. The molecule has 9 heteroatoms. The lowest BCUT2D eigenvalue weighted by molar-refractivity contribution is -0.120. The molecule has 2 heterocycles. The van der Waals surface area contributed by atoms with Gasteiger partial charge < -0.3 is 19.5 Å². The fourth-order valence-corrected chi connectivity index (χ4v) is 4.93. The molecule has 4 rings (SSSR count). The standard InChI is InChI=1S/C23H22N2O5S2/c1-28-19-5-3-2-4-15(19)8-9-24-22(27)11-17-12-31-23(25-17)32-13-18(26)16-6-7-20-21(10-16)30-14-29-20/h2-7,10,12H,8-9,11,13-14H2,1H3,(H,24,27). The van der Waals surface area contributed by atoms with E-state index in [2.05, 4.69) is 10.3 Å². The Balaban J connectivity index is 1.22. The fraction of sp³-hybridized carbons (Fsp3) is 0.261. The number of methoxy groups -OCH3 is 1. The van der Waals surface area contributed by atoms with Gasteiger partial charge in [0.15, 0.2) is 21.6 Å². The zero-order valence-corrected chi connectivity index (χ0v) is 19.1. The number of hydrogen-bond acceptors (Lipinski definition) is 8. The molecule has 1 aliphatic heterocycles. The maximum absolute atomic E-state index is 12.5. The molecule has 0 aliphatic carbocycles. The fourth-order valence-electron chi connectivity index (χ4n) is 3.19. The Labute approximate surface area is 194 Å². The number of ketones is 1. The van der Waals surface area contributed by atoms with Gasteiger partial charge in [0, 0.05) is 17.5 Å². The lowest BCUT2D eigenvalue weighted by Crippen LogP contribution is -2.27. The van der Waals surface area contributed by atoms with Crippen LogP contribution in [0.2, 0.25) is 0 Å². The first-order chi connectivity index (χ1) is 15.6. The monoisotopic (exact) mass is 470 g/mol. The predicted molar refractivity (Wildman–Crippen MR) is 123 cm³/mol. The second-order valence-electron chi connectivity index (χ2n) is 6.97. The van der Waals surface area contributed by atoms with E-state index in [0.717, 1.165) is 15.7 Å². The van der Waals surface area contributed by atoms with Crippen LogP contribution in [-0.4, -0.2) is 42.9 Å². The second kappa shape index (κ2) is 10.5. The maximum Gasteiger partial charge on any atom is 0.231 e. The zero-order valence-electron chi connectivity index (χ0n) is 17.5. The van der Waals surface area contributed by atoms with Gasteiger partial charge in [-0.2, -0.15) is 0 Å². The summed E-state index contributed by atoms with van der Waals surface area (Å²) in [5, 5.41) is 4.77. The molecule has 0 fully saturated rings. The minimum absolute atomic E-state index is 0.0147. The minimum Gasteiger partial charge on any atom is -0.496 e. The quantitative estimate of drug-likeness (QED) is 0.357. The number of thiazole rings is 1. The summed E-state index contributed by atoms with van der Waals surface area (Å²) in [5.41, 5.74) is 2.32. The van der Waals surface area contributed by atoms with Gasteiger partial charge in [0.05, 0.1) is 25.0 Å². The van der Waals surface area contributed by atoms with Crippen molar-refractivity contribution in [2.24, 2.45) is 0 Å². The number of thioether (sulfide) groups is 1. The highest BCUT2D eigenvalue weighted by atomic mass is 32.2. The van der Waals surface area contributed by atoms with E-state index in [1.54, 1.807) is 25.3 Å². The van der Waals surface area contributed by atoms with Crippen molar-refractivity contribution in [3.63, 3.8) is 0 Å². The SMILES string of the molecule is COc1ccccc1CCNC(=O)Cc1csc(SCC(=O)c2ccc3c(c2)OCO3)n1. The number of amides is 1. The van der Waals surface area contributed by atoms with Gasteiger partial charge in [-0.15, -0.1) is 11.3 Å². The summed E-state index contributed by atoms with van der Waals surface area (Å²) in [4.78, 5) is 29.2. The lowest BCUT2D eigenvalue weighted by Gasteiger charge is -2.08. The highest BCUT2D eigenvalue weighted by molar-refractivity contribution is 8.01. The number of Topliss-reactive ketones (excluding diaryl/α,β-unsaturated/α-hetero) is 1. The number of nitrogens with zero attached hydrogens (tertiary/aromatic N) is 1. The summed E-state index contributed by atoms with van der Waals surface area (Å²) in [6.07, 6.45) is 0.898. The Bertz CT molecular complexity index is 1120. The van der Waals surface area contributed by atoms with E-state index in [0.29, 0.717) is 35.7 Å². The largest absolute Gasteiger partial charge is 0.496 e. The van der Waals surface area contributed by atoms with Gasteiger partial charge in [-0.05, 0) is 36.2 Å². The van der Waals surface area contributed by atoms with Crippen molar-refractivity contribution in [2.45, 2.75) is 17.2 Å². The van der Waals surface area contributed by atoms with Gasteiger partial charge in [0.25, 0.3) is 0 Å². The molecule has 3 aromatic rings. The molecule has 0 radical (unpaired) electrons. The Morgan fingerprint density at radius 1 is 1.19 bits per heavy atom. The average Bonchev–Trinajstić information content (AvgIpc) is 3.46. The molecule has 0 saturated carbocycles. The summed E-state index contributed by atoms with van der Waals surface area (Å²) in [6.45, 7) is 0.701. The van der Waals surface area contributed by atoms with Crippen LogP contribution in [0.4, 0.5) is 0 Å². The molecule has 1 amide bonds. The Hall–Kier alpha value is -3.04. The molecule has 1 N–H and O–H groups in total. The summed E-state index contributed by atoms with van der Waals surface area (Å²) in [5.74, 6) is 2.22. The number of ether oxygens (including phenoxy) is 3. The summed E-state index contributed by atoms with van der Waals surface area (Å²) < 4.78 is 16.7. The number of carbonyl (C=O) groups excluding carboxylic acids is 2. The average molecular weight is 471 g/mol. The molecule has 0 saturated heterocycles. The minimum atomic E-state index is -0.0850. The first-order valence-electron chi connectivity index (χ1n) is 10.0. The normalized spacial score (nSPS) is 11.9. The number of carbonyl (C=O) groups is 2. The topological polar surface area (TPSA) is 86.8 Å². The van der Waals surface area contributed by atoms with Crippen molar-refractivity contribution in [1.82, 2.24) is 10.3 Å². The van der Waals surface area contributed by atoms with Gasteiger partial charge in [0.1, 0.15) is 5.75 Å². The molecule has 32 heavy (non-hydrogen) atoms. The van der Waals surface area contributed by atoms with Crippen LogP contribution in [0.25, 0.3) is 0 Å². The summed E-state index contributed by atoms with van der Waals surface area (Å²) in [6, 6.07) is 12.9. The highest BCUT2D eigenvalue weighted by Crippen LogP contribution is 2.33. The molecule has 1 aliphatic rings. The van der Waals surface area contributed by atoms with Crippen LogP contribution in [0.3, 0.4) is 0 Å². The van der Waals surface area contributed by atoms with Crippen molar-refractivity contribution in [3.05, 3.63) is 64.7 Å². The van der Waals surface area contributed by atoms with E-state index in [1.165, 1.54) is 23.1 Å². The Morgan fingerprint density at radius 3 is 2.91 bits per heavy atom. The van der Waals surface area contributed by atoms with E-state index < -0.39 is 0 Å². The van der Waals surface area contributed by atoms with Crippen molar-refractivity contribution in [1.29, 1.82) is 0 Å². The van der Waals surface area contributed by atoms with E-state index >= 15 is 0 Å². The number of aromatic nitrogens is 1. The predicted octanol–water partition coefficient (Wildman–Crippen LogP) is 3.76. The highest BCUT2D eigenvalue weighted by Gasteiger charge is 2.17. The number of fused-ring (bicyclic) bond motifs is 1. The molecular formula is C23H22N2O5S2. The van der Waals surface area contributed by atoms with Crippen LogP contribution in [0, 0.1) is 0 Å². The van der Waals surface area contributed by atoms with Crippen LogP contribution in [0.15, 0.2) is 52.2 Å². The lowest BCUT2D eigenvalue weighted by atomic mass is 10.1. The van der Waals surface area contributed by atoms with Crippen molar-refractivity contribution < 1.29 is 23.8 Å². The van der Waals surface area contributed by atoms with Gasteiger partial charge >= 0.3 is 0 Å². The van der Waals surface area contributed by atoms with E-state index in [4.69, 9.17) is 14.2 Å². The molecule has 7 nitrogen and oxygen atoms in total. The van der Waals surface area contributed by atoms with Gasteiger partial charge in [-0.25, -0.2) is 4.98 Å². The number of para-hydroxylation sites is 1. The number of hydrogen-bond donors (Lipinski definition) is 1. The van der Waals surface area contributed by atoms with Gasteiger partial charge in [-0.3, -0.25) is 9.59 Å². The van der Waals surface area contributed by atoms with E-state index in [1.807, 2.05) is 29.6 Å². The van der Waals surface area contributed by atoms with Crippen LogP contribution < -0.4 is 19.5 Å². The molecule has 0 bridgehead atoms. The summed E-state index contributed by atoms with van der Waals surface area (Å²) in [7, 11) is 1.64. The van der Waals surface area contributed by atoms with Gasteiger partial charge in [-0.1, -0.05) is 30.0 Å². The third-order valence-corrected chi connectivity index (χ3v) is 6.87.